The molecule has 5 nitrogen and oxygen atoms in total. The fourth-order valence-electron chi connectivity index (χ4n) is 3.11. The summed E-state index contributed by atoms with van der Waals surface area (Å²) < 4.78 is 1.29. The van der Waals surface area contributed by atoms with E-state index in [1.54, 1.807) is 11.0 Å². The Balaban J connectivity index is 1.86. The molecule has 0 bridgehead atoms. The molecule has 0 spiro atoms. The minimum absolute atomic E-state index is 0.0443. The first-order chi connectivity index (χ1) is 12.6. The van der Waals surface area contributed by atoms with Gasteiger partial charge >= 0.3 is 0 Å². The third kappa shape index (κ3) is 3.82. The molecule has 1 heterocycles. The van der Waals surface area contributed by atoms with Crippen LogP contribution in [0.25, 0.3) is 10.8 Å². The SMILES string of the molecule is CCCN(Cc1ccccc1)C(=O)Cn1nc(C)c2ccccc2c1=O. The lowest BCUT2D eigenvalue weighted by atomic mass is 10.1. The highest BCUT2D eigenvalue weighted by molar-refractivity contribution is 5.83. The highest BCUT2D eigenvalue weighted by atomic mass is 16.2. The van der Waals surface area contributed by atoms with Gasteiger partial charge in [0.05, 0.1) is 11.1 Å². The molecule has 26 heavy (non-hydrogen) atoms. The molecule has 0 saturated carbocycles. The number of fused-ring (bicyclic) bond motifs is 1. The van der Waals surface area contributed by atoms with Crippen LogP contribution in [0.15, 0.2) is 59.4 Å². The normalized spacial score (nSPS) is 10.8. The molecule has 1 aromatic heterocycles. The molecule has 5 heteroatoms. The zero-order chi connectivity index (χ0) is 18.5. The number of aryl methyl sites for hydroxylation is 1. The summed E-state index contributed by atoms with van der Waals surface area (Å²) in [6, 6.07) is 17.2. The van der Waals surface area contributed by atoms with Crippen LogP contribution in [0.4, 0.5) is 0 Å². The molecule has 0 aliphatic carbocycles. The fourth-order valence-corrected chi connectivity index (χ4v) is 3.11. The summed E-state index contributed by atoms with van der Waals surface area (Å²) in [4.78, 5) is 27.3. The third-order valence-corrected chi connectivity index (χ3v) is 4.40. The summed E-state index contributed by atoms with van der Waals surface area (Å²) in [7, 11) is 0. The first-order valence-electron chi connectivity index (χ1n) is 8.88. The minimum atomic E-state index is -0.226. The van der Waals surface area contributed by atoms with E-state index in [4.69, 9.17) is 0 Å². The Kier molecular flexibility index (Phi) is 5.46. The van der Waals surface area contributed by atoms with Crippen molar-refractivity contribution in [2.24, 2.45) is 0 Å². The monoisotopic (exact) mass is 349 g/mol. The predicted octanol–water partition coefficient (Wildman–Crippen LogP) is 3.14. The number of amides is 1. The number of benzene rings is 2. The van der Waals surface area contributed by atoms with Crippen molar-refractivity contribution in [3.8, 4) is 0 Å². The smallest absolute Gasteiger partial charge is 0.275 e. The van der Waals surface area contributed by atoms with E-state index in [1.807, 2.05) is 62.4 Å². The van der Waals surface area contributed by atoms with E-state index in [9.17, 15) is 9.59 Å². The van der Waals surface area contributed by atoms with Gasteiger partial charge < -0.3 is 4.90 Å². The maximum absolute atomic E-state index is 12.8. The van der Waals surface area contributed by atoms with Crippen molar-refractivity contribution in [1.82, 2.24) is 14.7 Å². The topological polar surface area (TPSA) is 55.2 Å². The number of hydrogen-bond acceptors (Lipinski definition) is 3. The molecule has 0 atom stereocenters. The molecular formula is C21H23N3O2. The molecule has 3 aromatic rings. The van der Waals surface area contributed by atoms with Crippen molar-refractivity contribution in [1.29, 1.82) is 0 Å². The van der Waals surface area contributed by atoms with Crippen molar-refractivity contribution in [3.05, 3.63) is 76.2 Å². The van der Waals surface area contributed by atoms with Gasteiger partial charge in [0.1, 0.15) is 6.54 Å². The van der Waals surface area contributed by atoms with Gasteiger partial charge in [-0.1, -0.05) is 55.5 Å². The minimum Gasteiger partial charge on any atom is -0.337 e. The largest absolute Gasteiger partial charge is 0.337 e. The van der Waals surface area contributed by atoms with Gasteiger partial charge in [-0.3, -0.25) is 9.59 Å². The Morgan fingerprint density at radius 2 is 1.69 bits per heavy atom. The van der Waals surface area contributed by atoms with E-state index < -0.39 is 0 Å². The Morgan fingerprint density at radius 3 is 2.38 bits per heavy atom. The van der Waals surface area contributed by atoms with E-state index in [1.165, 1.54) is 4.68 Å². The van der Waals surface area contributed by atoms with Crippen molar-refractivity contribution in [3.63, 3.8) is 0 Å². The number of aromatic nitrogens is 2. The number of rotatable bonds is 6. The molecule has 0 unspecified atom stereocenters. The fraction of sp³-hybridized carbons (Fsp3) is 0.286. The van der Waals surface area contributed by atoms with E-state index >= 15 is 0 Å². The molecule has 0 saturated heterocycles. The van der Waals surface area contributed by atoms with Gasteiger partial charge in [0.15, 0.2) is 0 Å². The zero-order valence-electron chi connectivity index (χ0n) is 15.2. The molecule has 1 amide bonds. The second-order valence-corrected chi connectivity index (χ2v) is 6.39. The van der Waals surface area contributed by atoms with E-state index in [0.717, 1.165) is 23.1 Å². The van der Waals surface area contributed by atoms with E-state index in [-0.39, 0.29) is 18.0 Å². The van der Waals surface area contributed by atoms with Crippen molar-refractivity contribution < 1.29 is 4.79 Å². The van der Waals surface area contributed by atoms with Gasteiger partial charge in [-0.2, -0.15) is 5.10 Å². The van der Waals surface area contributed by atoms with Gasteiger partial charge in [0.25, 0.3) is 5.56 Å². The number of nitrogens with zero attached hydrogens (tertiary/aromatic N) is 3. The van der Waals surface area contributed by atoms with Crippen LogP contribution in [0.5, 0.6) is 0 Å². The average molecular weight is 349 g/mol. The van der Waals surface area contributed by atoms with Gasteiger partial charge in [-0.25, -0.2) is 4.68 Å². The lowest BCUT2D eigenvalue weighted by Gasteiger charge is -2.22. The highest BCUT2D eigenvalue weighted by Crippen LogP contribution is 2.12. The molecule has 0 N–H and O–H groups in total. The highest BCUT2D eigenvalue weighted by Gasteiger charge is 2.16. The number of hydrogen-bond donors (Lipinski definition) is 0. The maximum atomic E-state index is 12.8. The predicted molar refractivity (Wildman–Crippen MR) is 103 cm³/mol. The van der Waals surface area contributed by atoms with Gasteiger partial charge in [0, 0.05) is 18.5 Å². The van der Waals surface area contributed by atoms with Crippen LogP contribution >= 0.6 is 0 Å². The van der Waals surface area contributed by atoms with Crippen molar-refractivity contribution >= 4 is 16.7 Å². The van der Waals surface area contributed by atoms with E-state index in [2.05, 4.69) is 5.10 Å². The quantitative estimate of drug-likeness (QED) is 0.687. The van der Waals surface area contributed by atoms with Crippen molar-refractivity contribution in [2.45, 2.75) is 33.4 Å². The first kappa shape index (κ1) is 17.9. The molecule has 0 aliphatic rings. The second-order valence-electron chi connectivity index (χ2n) is 6.39. The van der Waals surface area contributed by atoms with Crippen LogP contribution in [0.1, 0.15) is 24.6 Å². The number of carbonyl (C=O) groups is 1. The Morgan fingerprint density at radius 1 is 1.04 bits per heavy atom. The van der Waals surface area contributed by atoms with Crippen LogP contribution in [0.2, 0.25) is 0 Å². The molecular weight excluding hydrogens is 326 g/mol. The lowest BCUT2D eigenvalue weighted by Crippen LogP contribution is -2.37. The summed E-state index contributed by atoms with van der Waals surface area (Å²) >= 11 is 0. The van der Waals surface area contributed by atoms with Gasteiger partial charge in [0.2, 0.25) is 5.91 Å². The zero-order valence-corrected chi connectivity index (χ0v) is 15.2. The standard InChI is InChI=1S/C21H23N3O2/c1-3-13-23(14-17-9-5-4-6-10-17)20(25)15-24-21(26)19-12-8-7-11-18(19)16(2)22-24/h4-12H,3,13-15H2,1-2H3. The van der Waals surface area contributed by atoms with Gasteiger partial charge in [-0.15, -0.1) is 0 Å². The molecule has 2 aromatic carbocycles. The Bertz CT molecular complexity index is 964. The van der Waals surface area contributed by atoms with Crippen LogP contribution in [-0.4, -0.2) is 27.1 Å². The maximum Gasteiger partial charge on any atom is 0.275 e. The third-order valence-electron chi connectivity index (χ3n) is 4.40. The molecule has 0 aliphatic heterocycles. The van der Waals surface area contributed by atoms with Crippen LogP contribution in [-0.2, 0) is 17.9 Å². The molecule has 3 rings (SSSR count). The number of carbonyl (C=O) groups excluding carboxylic acids is 1. The summed E-state index contributed by atoms with van der Waals surface area (Å²) in [6.45, 7) is 5.04. The van der Waals surface area contributed by atoms with Crippen LogP contribution < -0.4 is 5.56 Å². The van der Waals surface area contributed by atoms with Crippen LogP contribution in [0.3, 0.4) is 0 Å². The molecule has 0 radical (unpaired) electrons. The summed E-state index contributed by atoms with van der Waals surface area (Å²) in [5.41, 5.74) is 1.60. The first-order valence-corrected chi connectivity index (χ1v) is 8.88. The Hall–Kier alpha value is -2.95. The van der Waals surface area contributed by atoms with Gasteiger partial charge in [-0.05, 0) is 25.0 Å². The molecule has 134 valence electrons. The summed E-state index contributed by atoms with van der Waals surface area (Å²) in [6.07, 6.45) is 0.859. The molecule has 0 fully saturated rings. The average Bonchev–Trinajstić information content (AvgIpc) is 2.66. The Labute approximate surface area is 152 Å². The van der Waals surface area contributed by atoms with Crippen molar-refractivity contribution in [2.75, 3.05) is 6.54 Å². The summed E-state index contributed by atoms with van der Waals surface area (Å²) in [5, 5.41) is 5.77. The summed E-state index contributed by atoms with van der Waals surface area (Å²) in [5.74, 6) is -0.0972. The lowest BCUT2D eigenvalue weighted by molar-refractivity contribution is -0.132. The second kappa shape index (κ2) is 7.95. The van der Waals surface area contributed by atoms with E-state index in [0.29, 0.717) is 18.5 Å². The van der Waals surface area contributed by atoms with Crippen LogP contribution in [0, 0.1) is 6.92 Å².